The third-order valence-corrected chi connectivity index (χ3v) is 5.15. The molecule has 2 atom stereocenters. The predicted octanol–water partition coefficient (Wildman–Crippen LogP) is 2.07. The van der Waals surface area contributed by atoms with Gasteiger partial charge in [-0.1, -0.05) is 27.2 Å². The fourth-order valence-corrected chi connectivity index (χ4v) is 3.23. The van der Waals surface area contributed by atoms with Crippen molar-refractivity contribution < 1.29 is 23.1 Å². The fourth-order valence-electron chi connectivity index (χ4n) is 2.10. The van der Waals surface area contributed by atoms with E-state index in [9.17, 15) is 23.1 Å². The molecule has 134 valence electrons. The van der Waals surface area contributed by atoms with Crippen molar-refractivity contribution in [2.24, 2.45) is 5.92 Å². The fraction of sp³-hybridized carbons (Fsp3) is 0.500. The Bertz CT molecular complexity index is 670. The molecular formula is C16H24N2O5S. The second-order valence-electron chi connectivity index (χ2n) is 5.67. The molecule has 3 N–H and O–H groups in total. The minimum atomic E-state index is -3.39. The van der Waals surface area contributed by atoms with Crippen molar-refractivity contribution >= 4 is 27.6 Å². The van der Waals surface area contributed by atoms with Gasteiger partial charge < -0.3 is 10.4 Å². The van der Waals surface area contributed by atoms with Crippen LogP contribution in [0.4, 0.5) is 5.69 Å². The Balaban J connectivity index is 2.81. The maximum atomic E-state index is 12.2. The number of anilines is 1. The summed E-state index contributed by atoms with van der Waals surface area (Å²) in [4.78, 5) is 23.4. The van der Waals surface area contributed by atoms with Gasteiger partial charge in [0.1, 0.15) is 6.04 Å². The number of hydrogen-bond donors (Lipinski definition) is 3. The highest BCUT2D eigenvalue weighted by molar-refractivity contribution is 7.92. The van der Waals surface area contributed by atoms with Gasteiger partial charge in [0.05, 0.1) is 5.75 Å². The molecule has 8 heteroatoms. The molecule has 0 saturated carbocycles. The molecule has 0 spiro atoms. The quantitative estimate of drug-likeness (QED) is 0.627. The van der Waals surface area contributed by atoms with Gasteiger partial charge in [0.15, 0.2) is 0 Å². The van der Waals surface area contributed by atoms with Gasteiger partial charge in [-0.25, -0.2) is 13.2 Å². The largest absolute Gasteiger partial charge is 0.480 e. The van der Waals surface area contributed by atoms with E-state index in [4.69, 9.17) is 0 Å². The van der Waals surface area contributed by atoms with Crippen LogP contribution in [0.5, 0.6) is 0 Å². The van der Waals surface area contributed by atoms with E-state index in [0.29, 0.717) is 18.5 Å². The molecular weight excluding hydrogens is 332 g/mol. The van der Waals surface area contributed by atoms with Crippen LogP contribution < -0.4 is 10.0 Å². The Hall–Kier alpha value is -2.09. The standard InChI is InChI=1S/C16H24N2O5S/c1-4-10-24(22,23)18-13-8-6-12(7-9-13)15(19)17-14(16(20)21)11(3)5-2/h6-9,11,14,18H,4-5,10H2,1-3H3,(H,17,19)(H,20,21)/t11-,14-/m0/s1. The van der Waals surface area contributed by atoms with Crippen LogP contribution in [0.1, 0.15) is 44.0 Å². The Morgan fingerprint density at radius 2 is 1.75 bits per heavy atom. The number of sulfonamides is 1. The summed E-state index contributed by atoms with van der Waals surface area (Å²) in [6.07, 6.45) is 1.12. The van der Waals surface area contributed by atoms with E-state index in [-0.39, 0.29) is 17.2 Å². The molecule has 0 aromatic heterocycles. The minimum Gasteiger partial charge on any atom is -0.480 e. The molecule has 0 unspecified atom stereocenters. The number of nitrogens with one attached hydrogen (secondary N) is 2. The minimum absolute atomic E-state index is 0.0183. The molecule has 1 amide bonds. The summed E-state index contributed by atoms with van der Waals surface area (Å²) < 4.78 is 25.8. The van der Waals surface area contributed by atoms with E-state index in [1.165, 1.54) is 24.3 Å². The smallest absolute Gasteiger partial charge is 0.326 e. The molecule has 0 fully saturated rings. The van der Waals surface area contributed by atoms with Gasteiger partial charge >= 0.3 is 5.97 Å². The lowest BCUT2D eigenvalue weighted by molar-refractivity contribution is -0.140. The molecule has 0 heterocycles. The Labute approximate surface area is 142 Å². The lowest BCUT2D eigenvalue weighted by Gasteiger charge is -2.20. The van der Waals surface area contributed by atoms with Crippen molar-refractivity contribution in [3.8, 4) is 0 Å². The van der Waals surface area contributed by atoms with Gasteiger partial charge in [0.25, 0.3) is 5.91 Å². The van der Waals surface area contributed by atoms with E-state index in [1.54, 1.807) is 13.8 Å². The molecule has 0 aliphatic carbocycles. The maximum absolute atomic E-state index is 12.2. The number of carboxylic acids is 1. The number of benzene rings is 1. The third kappa shape index (κ3) is 5.84. The van der Waals surface area contributed by atoms with Crippen LogP contribution in [0, 0.1) is 5.92 Å². The van der Waals surface area contributed by atoms with E-state index in [1.807, 2.05) is 6.92 Å². The molecule has 0 radical (unpaired) electrons. The average molecular weight is 356 g/mol. The average Bonchev–Trinajstić information content (AvgIpc) is 2.51. The highest BCUT2D eigenvalue weighted by Gasteiger charge is 2.25. The van der Waals surface area contributed by atoms with Crippen LogP contribution in [-0.2, 0) is 14.8 Å². The first-order valence-corrected chi connectivity index (χ1v) is 9.49. The van der Waals surface area contributed by atoms with Gasteiger partial charge in [-0.3, -0.25) is 9.52 Å². The molecule has 0 aliphatic rings. The van der Waals surface area contributed by atoms with Crippen molar-refractivity contribution in [1.29, 1.82) is 0 Å². The van der Waals surface area contributed by atoms with E-state index >= 15 is 0 Å². The second-order valence-corrected chi connectivity index (χ2v) is 7.52. The van der Waals surface area contributed by atoms with Crippen LogP contribution in [-0.4, -0.2) is 37.2 Å². The zero-order chi connectivity index (χ0) is 18.3. The van der Waals surface area contributed by atoms with Gasteiger partial charge in [-0.15, -0.1) is 0 Å². The summed E-state index contributed by atoms with van der Waals surface area (Å²) in [5.74, 6) is -1.77. The monoisotopic (exact) mass is 356 g/mol. The molecule has 7 nitrogen and oxygen atoms in total. The van der Waals surface area contributed by atoms with Gasteiger partial charge in [0.2, 0.25) is 10.0 Å². The number of carboxylic acid groups (broad SMARTS) is 1. The number of aliphatic carboxylic acids is 1. The first kappa shape index (κ1) is 20.0. The zero-order valence-corrected chi connectivity index (χ0v) is 14.9. The zero-order valence-electron chi connectivity index (χ0n) is 14.1. The Morgan fingerprint density at radius 1 is 1.17 bits per heavy atom. The van der Waals surface area contributed by atoms with Crippen LogP contribution in [0.2, 0.25) is 0 Å². The summed E-state index contributed by atoms with van der Waals surface area (Å²) in [6.45, 7) is 5.37. The number of amides is 1. The van der Waals surface area contributed by atoms with Crippen molar-refractivity contribution in [2.75, 3.05) is 10.5 Å². The van der Waals surface area contributed by atoms with Crippen LogP contribution >= 0.6 is 0 Å². The molecule has 24 heavy (non-hydrogen) atoms. The van der Waals surface area contributed by atoms with Gasteiger partial charge in [0, 0.05) is 11.3 Å². The Morgan fingerprint density at radius 3 is 2.21 bits per heavy atom. The molecule has 1 rings (SSSR count). The summed E-state index contributed by atoms with van der Waals surface area (Å²) in [5, 5.41) is 11.7. The maximum Gasteiger partial charge on any atom is 0.326 e. The number of rotatable bonds is 9. The molecule has 0 saturated heterocycles. The highest BCUT2D eigenvalue weighted by atomic mass is 32.2. The third-order valence-electron chi connectivity index (χ3n) is 3.66. The van der Waals surface area contributed by atoms with Crippen LogP contribution in [0.25, 0.3) is 0 Å². The number of hydrogen-bond acceptors (Lipinski definition) is 4. The number of carbonyl (C=O) groups is 2. The topological polar surface area (TPSA) is 113 Å². The van der Waals surface area contributed by atoms with Crippen LogP contribution in [0.15, 0.2) is 24.3 Å². The molecule has 1 aromatic rings. The van der Waals surface area contributed by atoms with Gasteiger partial charge in [-0.05, 0) is 36.6 Å². The van der Waals surface area contributed by atoms with Crippen LogP contribution in [0.3, 0.4) is 0 Å². The highest BCUT2D eigenvalue weighted by Crippen LogP contribution is 2.13. The van der Waals surface area contributed by atoms with Crippen molar-refractivity contribution in [1.82, 2.24) is 5.32 Å². The van der Waals surface area contributed by atoms with Gasteiger partial charge in [-0.2, -0.15) is 0 Å². The van der Waals surface area contributed by atoms with Crippen molar-refractivity contribution in [3.05, 3.63) is 29.8 Å². The summed E-state index contributed by atoms with van der Waals surface area (Å²) in [5.41, 5.74) is 0.625. The lowest BCUT2D eigenvalue weighted by Crippen LogP contribution is -2.45. The van der Waals surface area contributed by atoms with E-state index < -0.39 is 27.9 Å². The molecule has 0 bridgehead atoms. The van der Waals surface area contributed by atoms with E-state index in [0.717, 1.165) is 0 Å². The Kier molecular flexibility index (Phi) is 7.21. The first-order valence-electron chi connectivity index (χ1n) is 7.84. The molecule has 1 aromatic carbocycles. The molecule has 0 aliphatic heterocycles. The second kappa shape index (κ2) is 8.68. The van der Waals surface area contributed by atoms with Crippen molar-refractivity contribution in [3.63, 3.8) is 0 Å². The van der Waals surface area contributed by atoms with E-state index in [2.05, 4.69) is 10.0 Å². The lowest BCUT2D eigenvalue weighted by atomic mass is 9.99. The SMILES string of the molecule is CCCS(=O)(=O)Nc1ccc(C(=O)N[C@H](C(=O)O)[C@@H](C)CC)cc1. The normalized spacial score (nSPS) is 13.8. The van der Waals surface area contributed by atoms with Crippen molar-refractivity contribution in [2.45, 2.75) is 39.7 Å². The predicted molar refractivity (Wildman–Crippen MR) is 92.5 cm³/mol. The summed E-state index contributed by atoms with van der Waals surface area (Å²) in [6, 6.07) is 4.89. The summed E-state index contributed by atoms with van der Waals surface area (Å²) >= 11 is 0. The summed E-state index contributed by atoms with van der Waals surface area (Å²) in [7, 11) is -3.39. The number of carbonyl (C=O) groups excluding carboxylic acids is 1. The first-order chi connectivity index (χ1) is 11.2.